The first-order chi connectivity index (χ1) is 10.1. The van der Waals surface area contributed by atoms with Gasteiger partial charge >= 0.3 is 0 Å². The second-order valence-electron chi connectivity index (χ2n) is 5.05. The molecule has 21 heavy (non-hydrogen) atoms. The zero-order valence-corrected chi connectivity index (χ0v) is 14.2. The molecule has 0 saturated heterocycles. The van der Waals surface area contributed by atoms with Crippen molar-refractivity contribution < 1.29 is 0 Å². The highest BCUT2D eigenvalue weighted by Crippen LogP contribution is 2.32. The summed E-state index contributed by atoms with van der Waals surface area (Å²) >= 11 is 12.7. The summed E-state index contributed by atoms with van der Waals surface area (Å²) in [6, 6.07) is 7.86. The van der Waals surface area contributed by atoms with Gasteiger partial charge in [-0.15, -0.1) is 0 Å². The van der Waals surface area contributed by atoms with Gasteiger partial charge in [-0.25, -0.2) is 0 Å². The quantitative estimate of drug-likeness (QED) is 0.863. The van der Waals surface area contributed by atoms with Gasteiger partial charge in [0.05, 0.1) is 5.69 Å². The van der Waals surface area contributed by atoms with E-state index in [1.807, 2.05) is 29.9 Å². The largest absolute Gasteiger partial charge is 0.310 e. The fourth-order valence-electron chi connectivity index (χ4n) is 2.51. The Morgan fingerprint density at radius 2 is 1.90 bits per heavy atom. The molecule has 0 spiro atoms. The van der Waals surface area contributed by atoms with E-state index in [1.54, 1.807) is 0 Å². The summed E-state index contributed by atoms with van der Waals surface area (Å²) in [7, 11) is 1.98. The molecular formula is C16H21Cl2N3. The molecule has 0 aliphatic rings. The van der Waals surface area contributed by atoms with Gasteiger partial charge < -0.3 is 5.32 Å². The summed E-state index contributed by atoms with van der Waals surface area (Å²) in [6.07, 6.45) is 1.74. The van der Waals surface area contributed by atoms with E-state index in [1.165, 1.54) is 5.69 Å². The van der Waals surface area contributed by atoms with Gasteiger partial charge in [-0.1, -0.05) is 43.1 Å². The zero-order valence-electron chi connectivity index (χ0n) is 12.7. The lowest BCUT2D eigenvalue weighted by molar-refractivity contribution is 0.529. The predicted octanol–water partition coefficient (Wildman–Crippen LogP) is 4.18. The maximum atomic E-state index is 6.35. The summed E-state index contributed by atoms with van der Waals surface area (Å²) in [5.74, 6) is 0. The minimum absolute atomic E-state index is 0.0799. The maximum absolute atomic E-state index is 6.35. The van der Waals surface area contributed by atoms with E-state index >= 15 is 0 Å². The molecule has 2 rings (SSSR count). The van der Waals surface area contributed by atoms with E-state index in [0.717, 1.165) is 30.6 Å². The zero-order chi connectivity index (χ0) is 15.4. The molecule has 0 fully saturated rings. The van der Waals surface area contributed by atoms with Crippen molar-refractivity contribution in [1.29, 1.82) is 0 Å². The number of likely N-dealkylation sites (N-methyl/N-ethyl adjacent to an activating group) is 1. The van der Waals surface area contributed by atoms with Crippen LogP contribution < -0.4 is 5.32 Å². The Morgan fingerprint density at radius 1 is 1.24 bits per heavy atom. The Bertz CT molecular complexity index is 587. The van der Waals surface area contributed by atoms with E-state index in [9.17, 15) is 0 Å². The minimum atomic E-state index is 0.0799. The van der Waals surface area contributed by atoms with Crippen LogP contribution in [0.15, 0.2) is 24.3 Å². The van der Waals surface area contributed by atoms with Crippen molar-refractivity contribution >= 4 is 23.2 Å². The Kier molecular flexibility index (Phi) is 5.68. The van der Waals surface area contributed by atoms with Crippen molar-refractivity contribution in [3.63, 3.8) is 0 Å². The van der Waals surface area contributed by atoms with E-state index in [-0.39, 0.29) is 6.04 Å². The molecule has 3 nitrogen and oxygen atoms in total. The van der Waals surface area contributed by atoms with Crippen LogP contribution >= 0.6 is 23.2 Å². The van der Waals surface area contributed by atoms with Crippen LogP contribution in [0.5, 0.6) is 0 Å². The molecule has 2 aromatic rings. The average Bonchev–Trinajstić information content (AvgIpc) is 2.79. The van der Waals surface area contributed by atoms with Crippen molar-refractivity contribution in [2.24, 2.45) is 7.05 Å². The molecule has 0 aliphatic heterocycles. The van der Waals surface area contributed by atoms with Gasteiger partial charge in [0, 0.05) is 40.8 Å². The number of nitrogens with zero attached hydrogens (tertiary/aromatic N) is 2. The van der Waals surface area contributed by atoms with Crippen LogP contribution in [0.25, 0.3) is 0 Å². The van der Waals surface area contributed by atoms with E-state index in [0.29, 0.717) is 10.0 Å². The Labute approximate surface area is 136 Å². The Morgan fingerprint density at radius 3 is 2.43 bits per heavy atom. The average molecular weight is 326 g/mol. The third kappa shape index (κ3) is 3.79. The van der Waals surface area contributed by atoms with E-state index < -0.39 is 0 Å². The number of hydrogen-bond acceptors (Lipinski definition) is 2. The van der Waals surface area contributed by atoms with Gasteiger partial charge in [-0.3, -0.25) is 4.68 Å². The fraction of sp³-hybridized carbons (Fsp3) is 0.438. The van der Waals surface area contributed by atoms with Crippen LogP contribution in [0.2, 0.25) is 10.0 Å². The second kappa shape index (κ2) is 7.30. The maximum Gasteiger partial charge on any atom is 0.0624 e. The van der Waals surface area contributed by atoms with Crippen molar-refractivity contribution in [3.8, 4) is 0 Å². The van der Waals surface area contributed by atoms with Gasteiger partial charge in [-0.2, -0.15) is 5.10 Å². The molecule has 0 bridgehead atoms. The fourth-order valence-corrected chi connectivity index (χ4v) is 3.17. The number of nitrogens with one attached hydrogen (secondary N) is 1. The molecule has 114 valence electrons. The Hall–Kier alpha value is -1.03. The molecule has 1 aromatic heterocycles. The van der Waals surface area contributed by atoms with Crippen molar-refractivity contribution in [2.75, 3.05) is 6.54 Å². The first-order valence-corrected chi connectivity index (χ1v) is 8.01. The lowest BCUT2D eigenvalue weighted by Gasteiger charge is -2.21. The molecular weight excluding hydrogens is 305 g/mol. The van der Waals surface area contributed by atoms with Gasteiger partial charge in [0.25, 0.3) is 0 Å². The molecule has 1 heterocycles. The molecule has 1 unspecified atom stereocenters. The predicted molar refractivity (Wildman–Crippen MR) is 89.2 cm³/mol. The third-order valence-corrected chi connectivity index (χ3v) is 4.26. The van der Waals surface area contributed by atoms with E-state index in [4.69, 9.17) is 23.2 Å². The Balaban J connectivity index is 2.33. The molecule has 0 amide bonds. The first kappa shape index (κ1) is 16.3. The monoisotopic (exact) mass is 325 g/mol. The van der Waals surface area contributed by atoms with Crippen molar-refractivity contribution in [3.05, 3.63) is 51.3 Å². The molecule has 1 N–H and O–H groups in total. The number of hydrogen-bond donors (Lipinski definition) is 1. The van der Waals surface area contributed by atoms with Gasteiger partial charge in [-0.05, 0) is 31.2 Å². The van der Waals surface area contributed by atoms with Crippen LogP contribution in [-0.4, -0.2) is 16.3 Å². The molecule has 1 aromatic carbocycles. The van der Waals surface area contributed by atoms with Crippen molar-refractivity contribution in [1.82, 2.24) is 15.1 Å². The summed E-state index contributed by atoms with van der Waals surface area (Å²) in [5.41, 5.74) is 3.24. The lowest BCUT2D eigenvalue weighted by atomic mass is 10.0. The number of rotatable bonds is 6. The SMILES string of the molecule is CCNC(Cc1cc(CC)nn1C)c1c(Cl)cccc1Cl. The smallest absolute Gasteiger partial charge is 0.0624 e. The third-order valence-electron chi connectivity index (χ3n) is 3.60. The summed E-state index contributed by atoms with van der Waals surface area (Å²) in [5, 5.41) is 9.38. The molecule has 0 aliphatic carbocycles. The molecule has 0 radical (unpaired) electrons. The topological polar surface area (TPSA) is 29.9 Å². The van der Waals surface area contributed by atoms with Gasteiger partial charge in [0.2, 0.25) is 0 Å². The number of halogens is 2. The molecule has 0 saturated carbocycles. The highest BCUT2D eigenvalue weighted by Gasteiger charge is 2.19. The molecule has 5 heteroatoms. The highest BCUT2D eigenvalue weighted by atomic mass is 35.5. The van der Waals surface area contributed by atoms with Crippen LogP contribution in [0.1, 0.15) is 36.8 Å². The summed E-state index contributed by atoms with van der Waals surface area (Å²) in [6.45, 7) is 5.04. The lowest BCUT2D eigenvalue weighted by Crippen LogP contribution is -2.24. The number of benzene rings is 1. The van der Waals surface area contributed by atoms with Crippen molar-refractivity contribution in [2.45, 2.75) is 32.7 Å². The van der Waals surface area contributed by atoms with Gasteiger partial charge in [0.1, 0.15) is 0 Å². The standard InChI is InChI=1S/C16H21Cl2N3/c1-4-11-9-12(21(3)20-11)10-15(19-5-2)16-13(17)7-6-8-14(16)18/h6-9,15,19H,4-5,10H2,1-3H3. The number of aromatic nitrogens is 2. The van der Waals surface area contributed by atoms with Crippen LogP contribution in [0.3, 0.4) is 0 Å². The highest BCUT2D eigenvalue weighted by molar-refractivity contribution is 6.36. The van der Waals surface area contributed by atoms with Crippen LogP contribution in [0, 0.1) is 0 Å². The van der Waals surface area contributed by atoms with E-state index in [2.05, 4.69) is 30.3 Å². The van der Waals surface area contributed by atoms with Crippen LogP contribution in [0.4, 0.5) is 0 Å². The minimum Gasteiger partial charge on any atom is -0.310 e. The summed E-state index contributed by atoms with van der Waals surface area (Å²) in [4.78, 5) is 0. The van der Waals surface area contributed by atoms with Crippen LogP contribution in [-0.2, 0) is 19.9 Å². The second-order valence-corrected chi connectivity index (χ2v) is 5.87. The normalized spacial score (nSPS) is 12.6. The first-order valence-electron chi connectivity index (χ1n) is 7.25. The summed E-state index contributed by atoms with van der Waals surface area (Å²) < 4.78 is 1.94. The number of aryl methyl sites for hydroxylation is 2. The molecule has 1 atom stereocenters. The van der Waals surface area contributed by atoms with Gasteiger partial charge in [0.15, 0.2) is 0 Å².